The SMILES string of the molecule is CCCNc1ncnc(NCC(C)(C)CCCO)c1OC. The molecule has 0 amide bonds. The lowest BCUT2D eigenvalue weighted by Crippen LogP contribution is -2.24. The maximum absolute atomic E-state index is 8.95. The number of rotatable bonds is 10. The number of hydrogen-bond acceptors (Lipinski definition) is 6. The van der Waals surface area contributed by atoms with Gasteiger partial charge in [0.05, 0.1) is 7.11 Å². The molecule has 1 heterocycles. The normalized spacial score (nSPS) is 11.3. The Morgan fingerprint density at radius 3 is 2.48 bits per heavy atom. The van der Waals surface area contributed by atoms with Gasteiger partial charge in [0, 0.05) is 19.7 Å². The Labute approximate surface area is 127 Å². The van der Waals surface area contributed by atoms with Crippen molar-refractivity contribution in [2.75, 3.05) is 37.4 Å². The standard InChI is InChI=1S/C15H28N4O2/c1-5-8-16-13-12(21-4)14(19-11-18-13)17-10-15(2,3)7-6-9-20/h11,20H,5-10H2,1-4H3,(H2,16,17,18,19). The number of ether oxygens (including phenoxy) is 1. The molecule has 0 aliphatic heterocycles. The molecule has 1 aromatic heterocycles. The van der Waals surface area contributed by atoms with Gasteiger partial charge in [-0.3, -0.25) is 0 Å². The number of hydrogen-bond donors (Lipinski definition) is 3. The van der Waals surface area contributed by atoms with E-state index < -0.39 is 0 Å². The second-order valence-electron chi connectivity index (χ2n) is 5.88. The minimum Gasteiger partial charge on any atom is -0.490 e. The average molecular weight is 296 g/mol. The first-order valence-corrected chi connectivity index (χ1v) is 7.51. The summed E-state index contributed by atoms with van der Waals surface area (Å²) in [7, 11) is 1.62. The molecule has 21 heavy (non-hydrogen) atoms. The molecule has 0 aromatic carbocycles. The smallest absolute Gasteiger partial charge is 0.204 e. The minimum atomic E-state index is 0.0791. The van der Waals surface area contributed by atoms with Gasteiger partial charge in [-0.15, -0.1) is 0 Å². The quantitative estimate of drug-likeness (QED) is 0.616. The van der Waals surface area contributed by atoms with E-state index in [0.29, 0.717) is 17.4 Å². The van der Waals surface area contributed by atoms with E-state index in [4.69, 9.17) is 9.84 Å². The van der Waals surface area contributed by atoms with E-state index in [1.165, 1.54) is 6.33 Å². The van der Waals surface area contributed by atoms with E-state index >= 15 is 0 Å². The molecule has 0 spiro atoms. The van der Waals surface area contributed by atoms with E-state index in [2.05, 4.69) is 41.4 Å². The Kier molecular flexibility index (Phi) is 7.22. The lowest BCUT2D eigenvalue weighted by atomic mass is 9.88. The second-order valence-corrected chi connectivity index (χ2v) is 5.88. The number of aliphatic hydroxyl groups is 1. The van der Waals surface area contributed by atoms with Crippen LogP contribution in [0.25, 0.3) is 0 Å². The van der Waals surface area contributed by atoms with E-state index in [-0.39, 0.29) is 12.0 Å². The summed E-state index contributed by atoms with van der Waals surface area (Å²) in [5.41, 5.74) is 0.0791. The van der Waals surface area contributed by atoms with Gasteiger partial charge in [-0.1, -0.05) is 20.8 Å². The fraction of sp³-hybridized carbons (Fsp3) is 0.733. The van der Waals surface area contributed by atoms with Gasteiger partial charge in [-0.25, -0.2) is 9.97 Å². The van der Waals surface area contributed by atoms with Crippen LogP contribution in [0.1, 0.15) is 40.0 Å². The van der Waals surface area contributed by atoms with Gasteiger partial charge < -0.3 is 20.5 Å². The summed E-state index contributed by atoms with van der Waals surface area (Å²) in [5.74, 6) is 2.05. The monoisotopic (exact) mass is 296 g/mol. The zero-order chi connectivity index (χ0) is 15.7. The molecule has 0 saturated carbocycles. The Balaban J connectivity index is 2.74. The predicted molar refractivity (Wildman–Crippen MR) is 86.0 cm³/mol. The highest BCUT2D eigenvalue weighted by Crippen LogP contribution is 2.30. The van der Waals surface area contributed by atoms with Crippen LogP contribution in [0.2, 0.25) is 0 Å². The van der Waals surface area contributed by atoms with Crippen LogP contribution in [0.5, 0.6) is 5.75 Å². The van der Waals surface area contributed by atoms with Crippen molar-refractivity contribution in [2.45, 2.75) is 40.0 Å². The summed E-state index contributed by atoms with van der Waals surface area (Å²) in [4.78, 5) is 8.49. The van der Waals surface area contributed by atoms with Crippen molar-refractivity contribution >= 4 is 11.6 Å². The number of aromatic nitrogens is 2. The van der Waals surface area contributed by atoms with Gasteiger partial charge in [0.25, 0.3) is 0 Å². The molecule has 3 N–H and O–H groups in total. The van der Waals surface area contributed by atoms with Crippen LogP contribution in [0, 0.1) is 5.41 Å². The second kappa shape index (κ2) is 8.67. The van der Waals surface area contributed by atoms with Crippen molar-refractivity contribution < 1.29 is 9.84 Å². The van der Waals surface area contributed by atoms with Crippen LogP contribution < -0.4 is 15.4 Å². The topological polar surface area (TPSA) is 79.3 Å². The van der Waals surface area contributed by atoms with Crippen molar-refractivity contribution in [2.24, 2.45) is 5.41 Å². The van der Waals surface area contributed by atoms with Crippen LogP contribution in [-0.4, -0.2) is 41.9 Å². The van der Waals surface area contributed by atoms with Gasteiger partial charge in [0.15, 0.2) is 11.6 Å². The molecule has 0 radical (unpaired) electrons. The zero-order valence-corrected chi connectivity index (χ0v) is 13.6. The zero-order valence-electron chi connectivity index (χ0n) is 13.6. The minimum absolute atomic E-state index is 0.0791. The number of nitrogens with zero attached hydrogens (tertiary/aromatic N) is 2. The molecule has 0 saturated heterocycles. The van der Waals surface area contributed by atoms with Crippen molar-refractivity contribution in [3.63, 3.8) is 0 Å². The van der Waals surface area contributed by atoms with Crippen LogP contribution in [0.4, 0.5) is 11.6 Å². The number of aliphatic hydroxyl groups excluding tert-OH is 1. The highest BCUT2D eigenvalue weighted by atomic mass is 16.5. The summed E-state index contributed by atoms with van der Waals surface area (Å²) < 4.78 is 5.43. The number of nitrogens with one attached hydrogen (secondary N) is 2. The average Bonchev–Trinajstić information content (AvgIpc) is 2.48. The summed E-state index contributed by atoms with van der Waals surface area (Å²) in [6.45, 7) is 8.26. The van der Waals surface area contributed by atoms with Crippen molar-refractivity contribution in [3.8, 4) is 5.75 Å². The molecule has 0 fully saturated rings. The van der Waals surface area contributed by atoms with E-state index in [9.17, 15) is 0 Å². The molecule has 0 bridgehead atoms. The maximum atomic E-state index is 8.95. The third-order valence-corrected chi connectivity index (χ3v) is 3.30. The first-order chi connectivity index (χ1) is 10.0. The Bertz CT molecular complexity index is 424. The fourth-order valence-corrected chi connectivity index (χ4v) is 2.03. The fourth-order valence-electron chi connectivity index (χ4n) is 2.03. The largest absolute Gasteiger partial charge is 0.490 e. The van der Waals surface area contributed by atoms with Crippen LogP contribution in [0.3, 0.4) is 0 Å². The first-order valence-electron chi connectivity index (χ1n) is 7.51. The Morgan fingerprint density at radius 1 is 1.24 bits per heavy atom. The molecule has 6 heteroatoms. The van der Waals surface area contributed by atoms with Gasteiger partial charge in [-0.2, -0.15) is 0 Å². The van der Waals surface area contributed by atoms with E-state index in [1.807, 2.05) is 0 Å². The van der Waals surface area contributed by atoms with E-state index in [1.54, 1.807) is 7.11 Å². The Hall–Kier alpha value is -1.56. The summed E-state index contributed by atoms with van der Waals surface area (Å²) in [6.07, 6.45) is 4.30. The molecule has 120 valence electrons. The van der Waals surface area contributed by atoms with Gasteiger partial charge >= 0.3 is 0 Å². The lowest BCUT2D eigenvalue weighted by molar-refractivity contribution is 0.247. The highest BCUT2D eigenvalue weighted by molar-refractivity contribution is 5.63. The number of anilines is 2. The van der Waals surface area contributed by atoms with E-state index in [0.717, 1.165) is 32.4 Å². The van der Waals surface area contributed by atoms with Crippen molar-refractivity contribution in [1.82, 2.24) is 9.97 Å². The van der Waals surface area contributed by atoms with Crippen LogP contribution >= 0.6 is 0 Å². The molecule has 1 rings (SSSR count). The molecule has 0 aliphatic carbocycles. The van der Waals surface area contributed by atoms with Crippen LogP contribution in [-0.2, 0) is 0 Å². The predicted octanol–water partition coefficient (Wildman–Crippen LogP) is 2.52. The maximum Gasteiger partial charge on any atom is 0.204 e. The van der Waals surface area contributed by atoms with Gasteiger partial charge in [-0.05, 0) is 24.7 Å². The summed E-state index contributed by atoms with van der Waals surface area (Å²) in [5, 5.41) is 15.5. The molecular weight excluding hydrogens is 268 g/mol. The molecule has 0 aliphatic rings. The third kappa shape index (κ3) is 5.75. The Morgan fingerprint density at radius 2 is 1.90 bits per heavy atom. The van der Waals surface area contributed by atoms with Crippen molar-refractivity contribution in [3.05, 3.63) is 6.33 Å². The molecular formula is C15H28N4O2. The molecule has 6 nitrogen and oxygen atoms in total. The molecule has 1 aromatic rings. The molecule has 0 atom stereocenters. The molecule has 0 unspecified atom stereocenters. The summed E-state index contributed by atoms with van der Waals surface area (Å²) >= 11 is 0. The van der Waals surface area contributed by atoms with Gasteiger partial charge in [0.2, 0.25) is 5.75 Å². The lowest BCUT2D eigenvalue weighted by Gasteiger charge is -2.25. The third-order valence-electron chi connectivity index (χ3n) is 3.30. The first kappa shape index (κ1) is 17.5. The highest BCUT2D eigenvalue weighted by Gasteiger charge is 2.19. The summed E-state index contributed by atoms with van der Waals surface area (Å²) in [6, 6.07) is 0. The van der Waals surface area contributed by atoms with Crippen LogP contribution in [0.15, 0.2) is 6.33 Å². The van der Waals surface area contributed by atoms with Crippen molar-refractivity contribution in [1.29, 1.82) is 0 Å². The number of methoxy groups -OCH3 is 1. The van der Waals surface area contributed by atoms with Gasteiger partial charge in [0.1, 0.15) is 6.33 Å².